The number of rotatable bonds is 1. The molecule has 0 spiro atoms. The smallest absolute Gasteiger partial charge is 0.348 e. The van der Waals surface area contributed by atoms with Crippen LogP contribution in [0.15, 0.2) is 4.79 Å². The summed E-state index contributed by atoms with van der Waals surface area (Å²) in [6.45, 7) is 4.73. The van der Waals surface area contributed by atoms with E-state index < -0.39 is 5.69 Å². The number of H-pyrrole nitrogens is 1. The van der Waals surface area contributed by atoms with E-state index in [9.17, 15) is 4.79 Å². The van der Waals surface area contributed by atoms with Crippen LogP contribution in [0.1, 0.15) is 38.2 Å². The lowest BCUT2D eigenvalue weighted by molar-refractivity contribution is -0.0591. The van der Waals surface area contributed by atoms with Crippen LogP contribution < -0.4 is 17.2 Å². The number of hydrogen-bond acceptors (Lipinski definition) is 5. The second-order valence-corrected chi connectivity index (χ2v) is 5.05. The molecule has 1 aromatic rings. The van der Waals surface area contributed by atoms with Crippen LogP contribution in [0.3, 0.4) is 0 Å². The Bertz CT molecular complexity index is 455. The van der Waals surface area contributed by atoms with Crippen molar-refractivity contribution in [1.29, 1.82) is 0 Å². The fourth-order valence-corrected chi connectivity index (χ4v) is 2.43. The number of aromatic nitrogens is 2. The summed E-state index contributed by atoms with van der Waals surface area (Å²) in [5.41, 5.74) is 11.7. The molecule has 1 aromatic heterocycles. The largest absolute Gasteiger partial charge is 0.385 e. The van der Waals surface area contributed by atoms with Gasteiger partial charge in [-0.3, -0.25) is 4.98 Å². The lowest BCUT2D eigenvalue weighted by Gasteiger charge is -2.36. The molecule has 1 unspecified atom stereocenters. The number of hydrogen-bond donors (Lipinski definition) is 3. The van der Waals surface area contributed by atoms with Crippen LogP contribution in [-0.4, -0.2) is 22.2 Å². The fourth-order valence-electron chi connectivity index (χ4n) is 2.43. The van der Waals surface area contributed by atoms with Crippen LogP contribution in [-0.2, 0) is 4.74 Å². The molecular weight excluding hydrogens is 220 g/mol. The SMILES string of the molecule is CC1(C)CC(c2c(N)nc(=O)[nH]c2N)CCO1. The maximum Gasteiger partial charge on any atom is 0.348 e. The van der Waals surface area contributed by atoms with Crippen molar-refractivity contribution in [3.05, 3.63) is 16.0 Å². The molecule has 2 heterocycles. The Morgan fingerprint density at radius 2 is 2.18 bits per heavy atom. The minimum Gasteiger partial charge on any atom is -0.385 e. The first-order valence-electron chi connectivity index (χ1n) is 5.68. The van der Waals surface area contributed by atoms with Gasteiger partial charge in [-0.05, 0) is 32.6 Å². The van der Waals surface area contributed by atoms with Gasteiger partial charge in [0.25, 0.3) is 0 Å². The van der Waals surface area contributed by atoms with Gasteiger partial charge in [0.1, 0.15) is 11.6 Å². The third kappa shape index (κ3) is 2.41. The zero-order valence-electron chi connectivity index (χ0n) is 10.1. The van der Waals surface area contributed by atoms with E-state index in [2.05, 4.69) is 9.97 Å². The number of nitrogens with two attached hydrogens (primary N) is 2. The Hall–Kier alpha value is -1.56. The Balaban J connectivity index is 2.37. The lowest BCUT2D eigenvalue weighted by atomic mass is 9.84. The molecule has 0 amide bonds. The Kier molecular flexibility index (Phi) is 2.82. The summed E-state index contributed by atoms with van der Waals surface area (Å²) in [6, 6.07) is 0. The molecule has 0 radical (unpaired) electrons. The van der Waals surface area contributed by atoms with Crippen molar-refractivity contribution >= 4 is 11.6 Å². The molecule has 1 aliphatic heterocycles. The molecule has 1 fully saturated rings. The Morgan fingerprint density at radius 1 is 1.47 bits per heavy atom. The first kappa shape index (κ1) is 11.9. The molecule has 0 aliphatic carbocycles. The number of nitrogens with one attached hydrogen (secondary N) is 1. The second-order valence-electron chi connectivity index (χ2n) is 5.05. The quantitative estimate of drug-likeness (QED) is 0.664. The van der Waals surface area contributed by atoms with Crippen molar-refractivity contribution in [3.63, 3.8) is 0 Å². The summed E-state index contributed by atoms with van der Waals surface area (Å²) in [4.78, 5) is 17.3. The number of nitrogens with zero attached hydrogens (tertiary/aromatic N) is 1. The van der Waals surface area contributed by atoms with Gasteiger partial charge in [0.2, 0.25) is 0 Å². The number of ether oxygens (including phenoxy) is 1. The van der Waals surface area contributed by atoms with Crippen molar-refractivity contribution in [3.8, 4) is 0 Å². The summed E-state index contributed by atoms with van der Waals surface area (Å²) < 4.78 is 5.65. The van der Waals surface area contributed by atoms with E-state index in [-0.39, 0.29) is 17.3 Å². The van der Waals surface area contributed by atoms with E-state index >= 15 is 0 Å². The summed E-state index contributed by atoms with van der Waals surface area (Å²) in [5, 5.41) is 0. The van der Waals surface area contributed by atoms with Crippen molar-refractivity contribution in [1.82, 2.24) is 9.97 Å². The molecule has 0 bridgehead atoms. The Labute approximate surface area is 99.4 Å². The average molecular weight is 238 g/mol. The first-order chi connectivity index (χ1) is 7.89. The molecule has 0 saturated carbocycles. The fraction of sp³-hybridized carbons (Fsp3) is 0.636. The third-order valence-electron chi connectivity index (χ3n) is 3.14. The van der Waals surface area contributed by atoms with Crippen LogP contribution in [0, 0.1) is 0 Å². The van der Waals surface area contributed by atoms with Gasteiger partial charge in [0.05, 0.1) is 5.60 Å². The molecule has 1 atom stereocenters. The van der Waals surface area contributed by atoms with Gasteiger partial charge in [-0.25, -0.2) is 4.79 Å². The highest BCUT2D eigenvalue weighted by Gasteiger charge is 2.32. The lowest BCUT2D eigenvalue weighted by Crippen LogP contribution is -2.34. The molecule has 1 saturated heterocycles. The van der Waals surface area contributed by atoms with Crippen LogP contribution >= 0.6 is 0 Å². The predicted molar refractivity (Wildman–Crippen MR) is 65.7 cm³/mol. The number of nitrogen functional groups attached to an aromatic ring is 2. The van der Waals surface area contributed by atoms with Gasteiger partial charge in [-0.15, -0.1) is 0 Å². The van der Waals surface area contributed by atoms with Crippen LogP contribution in [0.2, 0.25) is 0 Å². The molecule has 0 aromatic carbocycles. The van der Waals surface area contributed by atoms with Crippen LogP contribution in [0.25, 0.3) is 0 Å². The predicted octanol–water partition coefficient (Wildman–Crippen LogP) is 0.607. The van der Waals surface area contributed by atoms with Gasteiger partial charge in [-0.1, -0.05) is 0 Å². The molecule has 6 heteroatoms. The van der Waals surface area contributed by atoms with Crippen molar-refractivity contribution in [2.24, 2.45) is 0 Å². The van der Waals surface area contributed by atoms with Crippen LogP contribution in [0.5, 0.6) is 0 Å². The first-order valence-corrected chi connectivity index (χ1v) is 5.68. The van der Waals surface area contributed by atoms with E-state index in [0.717, 1.165) is 18.4 Å². The molecule has 6 nitrogen and oxygen atoms in total. The maximum atomic E-state index is 11.1. The van der Waals surface area contributed by atoms with E-state index in [1.807, 2.05) is 13.8 Å². The molecule has 5 N–H and O–H groups in total. The molecular formula is C11H18N4O2. The van der Waals surface area contributed by atoms with E-state index in [4.69, 9.17) is 16.2 Å². The molecule has 2 rings (SSSR count). The topological polar surface area (TPSA) is 107 Å². The maximum absolute atomic E-state index is 11.1. The normalized spacial score (nSPS) is 23.5. The summed E-state index contributed by atoms with van der Waals surface area (Å²) in [5.74, 6) is 0.738. The second kappa shape index (κ2) is 4.03. The van der Waals surface area contributed by atoms with Crippen molar-refractivity contribution in [2.45, 2.75) is 38.2 Å². The van der Waals surface area contributed by atoms with Gasteiger partial charge in [0.15, 0.2) is 0 Å². The summed E-state index contributed by atoms with van der Waals surface area (Å²) in [7, 11) is 0. The van der Waals surface area contributed by atoms with E-state index in [0.29, 0.717) is 12.4 Å². The van der Waals surface area contributed by atoms with Crippen LogP contribution in [0.4, 0.5) is 11.6 Å². The third-order valence-corrected chi connectivity index (χ3v) is 3.14. The zero-order valence-corrected chi connectivity index (χ0v) is 10.1. The highest BCUT2D eigenvalue weighted by Crippen LogP contribution is 2.38. The molecule has 94 valence electrons. The summed E-state index contributed by atoms with van der Waals surface area (Å²) >= 11 is 0. The highest BCUT2D eigenvalue weighted by molar-refractivity contribution is 5.54. The summed E-state index contributed by atoms with van der Waals surface area (Å²) in [6.07, 6.45) is 1.65. The van der Waals surface area contributed by atoms with Gasteiger partial charge in [-0.2, -0.15) is 4.98 Å². The van der Waals surface area contributed by atoms with E-state index in [1.54, 1.807) is 0 Å². The minimum atomic E-state index is -0.505. The molecule has 17 heavy (non-hydrogen) atoms. The van der Waals surface area contributed by atoms with Crippen molar-refractivity contribution < 1.29 is 4.74 Å². The standard InChI is InChI=1S/C11H18N4O2/c1-11(2)5-6(3-4-17-11)7-8(12)14-10(16)15-9(7)13/h6H,3-5H2,1-2H3,(H5,12,13,14,15,16). The van der Waals surface area contributed by atoms with Gasteiger partial charge < -0.3 is 16.2 Å². The average Bonchev–Trinajstić information content (AvgIpc) is 2.13. The van der Waals surface area contributed by atoms with E-state index in [1.165, 1.54) is 0 Å². The van der Waals surface area contributed by atoms with Gasteiger partial charge >= 0.3 is 5.69 Å². The monoisotopic (exact) mass is 238 g/mol. The molecule has 1 aliphatic rings. The zero-order chi connectivity index (χ0) is 12.6. The van der Waals surface area contributed by atoms with Gasteiger partial charge in [0, 0.05) is 12.2 Å². The number of aromatic amines is 1. The Morgan fingerprint density at radius 3 is 2.76 bits per heavy atom. The number of anilines is 2. The minimum absolute atomic E-state index is 0.183. The highest BCUT2D eigenvalue weighted by atomic mass is 16.5. The van der Waals surface area contributed by atoms with Crippen molar-refractivity contribution in [2.75, 3.05) is 18.1 Å².